The van der Waals surface area contributed by atoms with Crippen molar-refractivity contribution >= 4 is 22.5 Å². The molecule has 2 aromatic carbocycles. The van der Waals surface area contributed by atoms with Gasteiger partial charge in [0.15, 0.2) is 11.6 Å². The van der Waals surface area contributed by atoms with Gasteiger partial charge >= 0.3 is 0 Å². The minimum absolute atomic E-state index is 0.0170. The van der Waals surface area contributed by atoms with Gasteiger partial charge < -0.3 is 4.42 Å². The molecule has 196 valence electrons. The zero-order valence-electron chi connectivity index (χ0n) is 23.3. The molecule has 36 heavy (non-hydrogen) atoms. The summed E-state index contributed by atoms with van der Waals surface area (Å²) in [4.78, 5) is 28.1. The fourth-order valence-electron chi connectivity index (χ4n) is 4.33. The standard InChI is InChI=1S/C30H39NO3.C2H6/c1-5-8-11-28-29(26-20-25(22(4)32)16-17-27(26)34-28)30(33)24-14-12-23(13-15-24)21-31(18-9-6-2)19-10-7-3;1-2/h12-17,20H,5-11,18-19,21H2,1-4H3;1-2H3. The van der Waals surface area contributed by atoms with Gasteiger partial charge in [-0.05, 0) is 63.0 Å². The normalized spacial score (nSPS) is 11.0. The maximum Gasteiger partial charge on any atom is 0.197 e. The number of carbonyl (C=O) groups is 2. The van der Waals surface area contributed by atoms with Crippen LogP contribution in [0, 0.1) is 0 Å². The minimum Gasteiger partial charge on any atom is -0.460 e. The Bertz CT molecular complexity index is 1090. The number of Topliss-reactive ketones (excluding diaryl/α,β-unsaturated/α-hetero) is 1. The molecule has 1 aromatic heterocycles. The van der Waals surface area contributed by atoms with E-state index in [1.807, 2.05) is 32.0 Å². The molecule has 0 N–H and O–H groups in total. The van der Waals surface area contributed by atoms with Gasteiger partial charge in [0, 0.05) is 29.5 Å². The molecule has 1 heterocycles. The number of ketones is 2. The average Bonchev–Trinajstić information content (AvgIpc) is 3.27. The quantitative estimate of drug-likeness (QED) is 0.212. The molecule has 0 saturated heterocycles. The second kappa shape index (κ2) is 15.4. The summed E-state index contributed by atoms with van der Waals surface area (Å²) in [5, 5.41) is 0.734. The fourth-order valence-corrected chi connectivity index (χ4v) is 4.33. The van der Waals surface area contributed by atoms with Gasteiger partial charge in [-0.2, -0.15) is 0 Å². The first-order valence-corrected chi connectivity index (χ1v) is 13.9. The number of furan rings is 1. The zero-order valence-corrected chi connectivity index (χ0v) is 23.3. The van der Waals surface area contributed by atoms with Crippen molar-refractivity contribution in [1.29, 1.82) is 0 Å². The molecular formula is C32H45NO3. The molecule has 4 heteroatoms. The van der Waals surface area contributed by atoms with Crippen LogP contribution in [0.5, 0.6) is 0 Å². The summed E-state index contributed by atoms with van der Waals surface area (Å²) in [6.45, 7) is 15.3. The number of hydrogen-bond donors (Lipinski definition) is 0. The summed E-state index contributed by atoms with van der Waals surface area (Å²) in [5.74, 6) is 0.666. The van der Waals surface area contributed by atoms with Gasteiger partial charge in [-0.25, -0.2) is 0 Å². The lowest BCUT2D eigenvalue weighted by Crippen LogP contribution is -2.25. The molecule has 0 atom stereocenters. The second-order valence-corrected chi connectivity index (χ2v) is 9.28. The number of benzene rings is 2. The molecule has 3 aromatic rings. The van der Waals surface area contributed by atoms with Gasteiger partial charge in [0.25, 0.3) is 0 Å². The summed E-state index contributed by atoms with van der Waals surface area (Å²) < 4.78 is 6.09. The van der Waals surface area contributed by atoms with Crippen LogP contribution in [0.15, 0.2) is 46.9 Å². The van der Waals surface area contributed by atoms with E-state index in [1.54, 1.807) is 19.1 Å². The molecular weight excluding hydrogens is 446 g/mol. The van der Waals surface area contributed by atoms with Crippen molar-refractivity contribution in [3.05, 3.63) is 70.5 Å². The largest absolute Gasteiger partial charge is 0.460 e. The molecule has 0 fully saturated rings. The Balaban J connectivity index is 0.00000222. The van der Waals surface area contributed by atoms with Crippen LogP contribution in [-0.2, 0) is 13.0 Å². The van der Waals surface area contributed by atoms with Crippen LogP contribution in [0.25, 0.3) is 11.0 Å². The van der Waals surface area contributed by atoms with Crippen molar-refractivity contribution in [1.82, 2.24) is 4.90 Å². The van der Waals surface area contributed by atoms with Crippen LogP contribution in [0.1, 0.15) is 118 Å². The van der Waals surface area contributed by atoms with E-state index in [-0.39, 0.29) is 11.6 Å². The molecule has 0 aliphatic carbocycles. The van der Waals surface area contributed by atoms with Gasteiger partial charge in [-0.1, -0.05) is 78.1 Å². The van der Waals surface area contributed by atoms with E-state index >= 15 is 0 Å². The lowest BCUT2D eigenvalue weighted by molar-refractivity contribution is 0.101. The third-order valence-electron chi connectivity index (χ3n) is 6.43. The highest BCUT2D eigenvalue weighted by Gasteiger charge is 2.22. The van der Waals surface area contributed by atoms with Crippen molar-refractivity contribution in [2.75, 3.05) is 13.1 Å². The number of rotatable bonds is 14. The van der Waals surface area contributed by atoms with E-state index < -0.39 is 0 Å². The Morgan fingerprint density at radius 2 is 1.39 bits per heavy atom. The Morgan fingerprint density at radius 1 is 0.806 bits per heavy atom. The fraction of sp³-hybridized carbons (Fsp3) is 0.500. The number of hydrogen-bond acceptors (Lipinski definition) is 4. The Morgan fingerprint density at radius 3 is 1.94 bits per heavy atom. The smallest absolute Gasteiger partial charge is 0.197 e. The maximum absolute atomic E-state index is 13.6. The van der Waals surface area contributed by atoms with Crippen LogP contribution in [0.4, 0.5) is 0 Å². The van der Waals surface area contributed by atoms with Crippen LogP contribution >= 0.6 is 0 Å². The lowest BCUT2D eigenvalue weighted by Gasteiger charge is -2.22. The third kappa shape index (κ3) is 7.89. The van der Waals surface area contributed by atoms with Crippen molar-refractivity contribution in [2.24, 2.45) is 0 Å². The first-order valence-electron chi connectivity index (χ1n) is 13.9. The van der Waals surface area contributed by atoms with Crippen LogP contribution in [0.2, 0.25) is 0 Å². The minimum atomic E-state index is -0.0362. The van der Waals surface area contributed by atoms with Crippen LogP contribution < -0.4 is 0 Å². The number of aryl methyl sites for hydroxylation is 1. The number of fused-ring (bicyclic) bond motifs is 1. The number of nitrogens with zero attached hydrogens (tertiary/aromatic N) is 1. The van der Waals surface area contributed by atoms with E-state index in [1.165, 1.54) is 31.2 Å². The SMILES string of the molecule is CC.CCCCc1oc2ccc(C(C)=O)cc2c1C(=O)c1ccc(CN(CCCC)CCCC)cc1. The van der Waals surface area contributed by atoms with Crippen LogP contribution in [-0.4, -0.2) is 29.6 Å². The monoisotopic (exact) mass is 491 g/mol. The average molecular weight is 492 g/mol. The summed E-state index contributed by atoms with van der Waals surface area (Å²) in [5.41, 5.74) is 3.75. The highest BCUT2D eigenvalue weighted by Crippen LogP contribution is 2.30. The second-order valence-electron chi connectivity index (χ2n) is 9.28. The van der Waals surface area contributed by atoms with Crippen molar-refractivity contribution in [3.63, 3.8) is 0 Å². The molecule has 0 aliphatic rings. The van der Waals surface area contributed by atoms with Gasteiger partial charge in [0.2, 0.25) is 0 Å². The molecule has 3 rings (SSSR count). The highest BCUT2D eigenvalue weighted by atomic mass is 16.3. The maximum atomic E-state index is 13.6. The molecule has 0 saturated carbocycles. The van der Waals surface area contributed by atoms with Crippen LogP contribution in [0.3, 0.4) is 0 Å². The Kier molecular flexibility index (Phi) is 12.6. The topological polar surface area (TPSA) is 50.5 Å². The summed E-state index contributed by atoms with van der Waals surface area (Å²) >= 11 is 0. The zero-order chi connectivity index (χ0) is 26.5. The first-order chi connectivity index (χ1) is 17.5. The van der Waals surface area contributed by atoms with E-state index in [0.29, 0.717) is 28.7 Å². The molecule has 0 aliphatic heterocycles. The van der Waals surface area contributed by atoms with E-state index in [0.717, 1.165) is 43.6 Å². The number of unbranched alkanes of at least 4 members (excludes halogenated alkanes) is 3. The molecule has 0 radical (unpaired) electrons. The molecule has 0 amide bonds. The van der Waals surface area contributed by atoms with Gasteiger partial charge in [0.05, 0.1) is 5.56 Å². The first kappa shape index (κ1) is 29.5. The Labute approximate surface area is 218 Å². The van der Waals surface area contributed by atoms with E-state index in [9.17, 15) is 9.59 Å². The number of carbonyl (C=O) groups excluding carboxylic acids is 2. The summed E-state index contributed by atoms with van der Waals surface area (Å²) in [6, 6.07) is 13.4. The summed E-state index contributed by atoms with van der Waals surface area (Å²) in [6.07, 6.45) is 7.48. The van der Waals surface area contributed by atoms with Gasteiger partial charge in [0.1, 0.15) is 11.3 Å². The van der Waals surface area contributed by atoms with Crippen molar-refractivity contribution in [3.8, 4) is 0 Å². The third-order valence-corrected chi connectivity index (χ3v) is 6.43. The van der Waals surface area contributed by atoms with Gasteiger partial charge in [-0.3, -0.25) is 14.5 Å². The predicted octanol–water partition coefficient (Wildman–Crippen LogP) is 8.64. The molecule has 0 unspecified atom stereocenters. The van der Waals surface area contributed by atoms with Gasteiger partial charge in [-0.15, -0.1) is 0 Å². The van der Waals surface area contributed by atoms with Crippen molar-refractivity contribution < 1.29 is 14.0 Å². The summed E-state index contributed by atoms with van der Waals surface area (Å²) in [7, 11) is 0. The predicted molar refractivity (Wildman–Crippen MR) is 151 cm³/mol. The molecule has 0 spiro atoms. The van der Waals surface area contributed by atoms with E-state index in [2.05, 4.69) is 37.8 Å². The highest BCUT2D eigenvalue weighted by molar-refractivity contribution is 6.17. The van der Waals surface area contributed by atoms with Crippen molar-refractivity contribution in [2.45, 2.75) is 93.0 Å². The molecule has 4 nitrogen and oxygen atoms in total. The molecule has 0 bridgehead atoms. The Hall–Kier alpha value is -2.72. The van der Waals surface area contributed by atoms with E-state index in [4.69, 9.17) is 4.42 Å². The lowest BCUT2D eigenvalue weighted by atomic mass is 9.96.